The molecule has 0 N–H and O–H groups in total. The lowest BCUT2D eigenvalue weighted by atomic mass is 10.1. The Labute approximate surface area is 96.2 Å². The smallest absolute Gasteiger partial charge is 0.157 e. The van der Waals surface area contributed by atoms with Gasteiger partial charge in [-0.2, -0.15) is 0 Å². The lowest BCUT2D eigenvalue weighted by Gasteiger charge is -2.22. The van der Waals surface area contributed by atoms with Crippen LogP contribution in [0.5, 0.6) is 0 Å². The van der Waals surface area contributed by atoms with E-state index < -0.39 is 0 Å². The number of rotatable bonds is 7. The van der Waals surface area contributed by atoms with E-state index in [1.165, 1.54) is 6.42 Å². The van der Waals surface area contributed by atoms with Gasteiger partial charge in [0.15, 0.2) is 12.6 Å². The first-order valence-corrected chi connectivity index (χ1v) is 6.24. The van der Waals surface area contributed by atoms with Gasteiger partial charge in [-0.05, 0) is 38.5 Å². The molecule has 2 fully saturated rings. The zero-order chi connectivity index (χ0) is 11.2. The number of carbonyl (C=O) groups is 1. The molecule has 2 rings (SSSR count). The van der Waals surface area contributed by atoms with Gasteiger partial charge >= 0.3 is 0 Å². The van der Waals surface area contributed by atoms with Gasteiger partial charge in [0.1, 0.15) is 6.10 Å². The SMILES string of the molecule is O=CC1O[C@H]1CCCCO[C@@H]1CCCCO1. The summed E-state index contributed by atoms with van der Waals surface area (Å²) in [6.07, 6.45) is 7.41. The Hall–Kier alpha value is -0.450. The molecule has 0 radical (unpaired) electrons. The Kier molecular flexibility index (Phi) is 4.75. The van der Waals surface area contributed by atoms with E-state index in [1.807, 2.05) is 0 Å². The fourth-order valence-corrected chi connectivity index (χ4v) is 2.01. The van der Waals surface area contributed by atoms with Crippen molar-refractivity contribution in [3.63, 3.8) is 0 Å². The first-order valence-electron chi connectivity index (χ1n) is 6.24. The third-order valence-corrected chi connectivity index (χ3v) is 3.08. The quantitative estimate of drug-likeness (QED) is 0.378. The molecule has 2 heterocycles. The molecular weight excluding hydrogens is 208 g/mol. The van der Waals surface area contributed by atoms with Gasteiger partial charge in [0, 0.05) is 13.2 Å². The van der Waals surface area contributed by atoms with Crippen LogP contribution >= 0.6 is 0 Å². The van der Waals surface area contributed by atoms with Crippen molar-refractivity contribution in [3.8, 4) is 0 Å². The summed E-state index contributed by atoms with van der Waals surface area (Å²) in [4.78, 5) is 10.3. The standard InChI is InChI=1S/C12H20O4/c13-9-11-10(16-11)5-1-3-7-14-12-6-2-4-8-15-12/h9-12H,1-8H2/t10-,11?,12-/m0/s1. The maximum Gasteiger partial charge on any atom is 0.157 e. The maximum atomic E-state index is 10.3. The number of unbranched alkanes of at least 4 members (excludes halogenated alkanes) is 1. The molecule has 0 aromatic heterocycles. The second kappa shape index (κ2) is 6.33. The van der Waals surface area contributed by atoms with Crippen LogP contribution in [0, 0.1) is 0 Å². The van der Waals surface area contributed by atoms with E-state index in [1.54, 1.807) is 0 Å². The Morgan fingerprint density at radius 1 is 1.31 bits per heavy atom. The Balaban J connectivity index is 1.41. The van der Waals surface area contributed by atoms with Crippen LogP contribution in [0.3, 0.4) is 0 Å². The van der Waals surface area contributed by atoms with Gasteiger partial charge < -0.3 is 19.0 Å². The highest BCUT2D eigenvalue weighted by atomic mass is 16.7. The van der Waals surface area contributed by atoms with Gasteiger partial charge in [0.25, 0.3) is 0 Å². The lowest BCUT2D eigenvalue weighted by molar-refractivity contribution is -0.162. The third-order valence-electron chi connectivity index (χ3n) is 3.08. The second-order valence-corrected chi connectivity index (χ2v) is 4.44. The highest BCUT2D eigenvalue weighted by molar-refractivity contribution is 5.60. The van der Waals surface area contributed by atoms with Crippen molar-refractivity contribution in [2.75, 3.05) is 13.2 Å². The van der Waals surface area contributed by atoms with Crippen molar-refractivity contribution < 1.29 is 19.0 Å². The summed E-state index contributed by atoms with van der Waals surface area (Å²) in [7, 11) is 0. The van der Waals surface area contributed by atoms with Crippen molar-refractivity contribution in [1.82, 2.24) is 0 Å². The topological polar surface area (TPSA) is 48.1 Å². The van der Waals surface area contributed by atoms with E-state index in [0.29, 0.717) is 0 Å². The molecule has 0 bridgehead atoms. The van der Waals surface area contributed by atoms with Gasteiger partial charge in [0.2, 0.25) is 0 Å². The minimum Gasteiger partial charge on any atom is -0.362 e. The molecule has 3 atom stereocenters. The van der Waals surface area contributed by atoms with E-state index in [-0.39, 0.29) is 18.5 Å². The number of carbonyl (C=O) groups excluding carboxylic acids is 1. The van der Waals surface area contributed by atoms with Crippen LogP contribution in [-0.4, -0.2) is 38.0 Å². The van der Waals surface area contributed by atoms with Crippen molar-refractivity contribution >= 4 is 6.29 Å². The largest absolute Gasteiger partial charge is 0.362 e. The zero-order valence-corrected chi connectivity index (χ0v) is 9.60. The third kappa shape index (κ3) is 3.85. The van der Waals surface area contributed by atoms with Crippen LogP contribution in [0.1, 0.15) is 38.5 Å². The molecule has 1 unspecified atom stereocenters. The first-order chi connectivity index (χ1) is 7.90. The maximum absolute atomic E-state index is 10.3. The molecule has 2 aliphatic rings. The van der Waals surface area contributed by atoms with Crippen LogP contribution in [0.2, 0.25) is 0 Å². The Morgan fingerprint density at radius 2 is 2.25 bits per heavy atom. The number of hydrogen-bond donors (Lipinski definition) is 0. The van der Waals surface area contributed by atoms with Gasteiger partial charge in [-0.15, -0.1) is 0 Å². The molecule has 0 amide bonds. The van der Waals surface area contributed by atoms with Crippen LogP contribution in [0.4, 0.5) is 0 Å². The fraction of sp³-hybridized carbons (Fsp3) is 0.917. The average Bonchev–Trinajstić information content (AvgIpc) is 3.09. The summed E-state index contributed by atoms with van der Waals surface area (Å²) >= 11 is 0. The van der Waals surface area contributed by atoms with Crippen LogP contribution in [0.15, 0.2) is 0 Å². The summed E-state index contributed by atoms with van der Waals surface area (Å²) in [5.41, 5.74) is 0. The molecule has 16 heavy (non-hydrogen) atoms. The predicted octanol–water partition coefficient (Wildman–Crippen LogP) is 1.67. The molecule has 0 saturated carbocycles. The van der Waals surface area contributed by atoms with Crippen molar-refractivity contribution in [3.05, 3.63) is 0 Å². The minimum absolute atomic E-state index is 0.0219. The summed E-state index contributed by atoms with van der Waals surface area (Å²) in [5, 5.41) is 0. The first kappa shape index (κ1) is 12.0. The monoisotopic (exact) mass is 228 g/mol. The second-order valence-electron chi connectivity index (χ2n) is 4.44. The molecular formula is C12H20O4. The summed E-state index contributed by atoms with van der Waals surface area (Å²) in [6, 6.07) is 0. The number of ether oxygens (including phenoxy) is 3. The minimum atomic E-state index is -0.123. The van der Waals surface area contributed by atoms with E-state index in [4.69, 9.17) is 14.2 Å². The lowest BCUT2D eigenvalue weighted by Crippen LogP contribution is -2.22. The van der Waals surface area contributed by atoms with Crippen LogP contribution in [-0.2, 0) is 19.0 Å². The fourth-order valence-electron chi connectivity index (χ4n) is 2.01. The molecule has 4 nitrogen and oxygen atoms in total. The number of hydrogen-bond acceptors (Lipinski definition) is 4. The Morgan fingerprint density at radius 3 is 2.94 bits per heavy atom. The van der Waals surface area contributed by atoms with E-state index >= 15 is 0 Å². The van der Waals surface area contributed by atoms with Gasteiger partial charge in [-0.1, -0.05) is 0 Å². The number of aldehydes is 1. The summed E-state index contributed by atoms with van der Waals surface area (Å²) in [5.74, 6) is 0. The van der Waals surface area contributed by atoms with Crippen LogP contribution < -0.4 is 0 Å². The van der Waals surface area contributed by atoms with Gasteiger partial charge in [-0.3, -0.25) is 0 Å². The van der Waals surface area contributed by atoms with E-state index in [0.717, 1.165) is 51.6 Å². The van der Waals surface area contributed by atoms with Crippen molar-refractivity contribution in [1.29, 1.82) is 0 Å². The van der Waals surface area contributed by atoms with Gasteiger partial charge in [0.05, 0.1) is 6.10 Å². The molecule has 4 heteroatoms. The highest BCUT2D eigenvalue weighted by Crippen LogP contribution is 2.25. The van der Waals surface area contributed by atoms with Gasteiger partial charge in [-0.25, -0.2) is 0 Å². The average molecular weight is 228 g/mol. The number of epoxide rings is 1. The molecule has 2 aliphatic heterocycles. The predicted molar refractivity (Wildman–Crippen MR) is 58.1 cm³/mol. The molecule has 0 aromatic rings. The van der Waals surface area contributed by atoms with E-state index in [9.17, 15) is 4.79 Å². The van der Waals surface area contributed by atoms with Crippen LogP contribution in [0.25, 0.3) is 0 Å². The molecule has 0 aliphatic carbocycles. The van der Waals surface area contributed by atoms with Crippen molar-refractivity contribution in [2.45, 2.75) is 57.0 Å². The summed E-state index contributed by atoms with van der Waals surface area (Å²) in [6.45, 7) is 1.59. The molecule has 0 spiro atoms. The molecule has 92 valence electrons. The Bertz CT molecular complexity index is 213. The zero-order valence-electron chi connectivity index (χ0n) is 9.60. The highest BCUT2D eigenvalue weighted by Gasteiger charge is 2.37. The molecule has 2 saturated heterocycles. The molecule has 0 aromatic carbocycles. The van der Waals surface area contributed by atoms with Crippen molar-refractivity contribution in [2.24, 2.45) is 0 Å². The normalized spacial score (nSPS) is 33.6. The summed E-state index contributed by atoms with van der Waals surface area (Å²) < 4.78 is 16.2. The van der Waals surface area contributed by atoms with E-state index in [2.05, 4.69) is 0 Å².